The molecule has 0 amide bonds. The number of phenols is 2. The van der Waals surface area contributed by atoms with E-state index < -0.39 is 57.4 Å². The molecular weight excluding hydrogens is 416 g/mol. The van der Waals surface area contributed by atoms with Gasteiger partial charge in [0.25, 0.3) is 0 Å². The van der Waals surface area contributed by atoms with Gasteiger partial charge in [-0.2, -0.15) is 0 Å². The number of hydrogen-bond donors (Lipinski definition) is 2. The van der Waals surface area contributed by atoms with Gasteiger partial charge in [-0.25, -0.2) is 4.79 Å². The minimum Gasteiger partial charge on any atom is -0.504 e. The molecule has 0 saturated carbocycles. The molecule has 0 aromatic heterocycles. The summed E-state index contributed by atoms with van der Waals surface area (Å²) in [5.74, 6) is -5.37. The van der Waals surface area contributed by atoms with Crippen molar-refractivity contribution in [2.45, 2.75) is 85.5 Å². The summed E-state index contributed by atoms with van der Waals surface area (Å²) in [5.41, 5.74) is -1.36. The molecule has 0 saturated heterocycles. The number of hydrogen-bond acceptors (Lipinski definition) is 8. The van der Waals surface area contributed by atoms with E-state index in [-0.39, 0.29) is 25.9 Å². The maximum Gasteiger partial charge on any atom is 0.339 e. The molecule has 0 fully saturated rings. The Morgan fingerprint density at radius 2 is 1.19 bits per heavy atom. The molecule has 0 aliphatic heterocycles. The number of ketones is 2. The summed E-state index contributed by atoms with van der Waals surface area (Å²) < 4.78 is 10.3. The second-order valence-corrected chi connectivity index (χ2v) is 7.50. The van der Waals surface area contributed by atoms with Crippen LogP contribution in [0.4, 0.5) is 0 Å². The number of carbonyl (C=O) groups is 4. The maximum atomic E-state index is 13.1. The van der Waals surface area contributed by atoms with Crippen LogP contribution in [0.2, 0.25) is 0 Å². The lowest BCUT2D eigenvalue weighted by Crippen LogP contribution is -2.21. The van der Waals surface area contributed by atoms with Gasteiger partial charge in [-0.1, -0.05) is 40.0 Å². The third-order valence-corrected chi connectivity index (χ3v) is 4.91. The molecule has 8 nitrogen and oxygen atoms in total. The van der Waals surface area contributed by atoms with Crippen LogP contribution in [-0.4, -0.2) is 40.3 Å². The zero-order chi connectivity index (χ0) is 24.3. The lowest BCUT2D eigenvalue weighted by atomic mass is 9.90. The number of aromatic hydroxyl groups is 2. The second kappa shape index (κ2) is 13.5. The van der Waals surface area contributed by atoms with E-state index >= 15 is 0 Å². The van der Waals surface area contributed by atoms with Crippen LogP contribution in [0, 0.1) is 0 Å². The van der Waals surface area contributed by atoms with Crippen molar-refractivity contribution in [3.63, 3.8) is 0 Å². The number of Topliss-reactive ketones (excluding diaryl/α,β-unsaturated/α-hetero) is 2. The van der Waals surface area contributed by atoms with E-state index in [4.69, 9.17) is 9.47 Å². The fourth-order valence-corrected chi connectivity index (χ4v) is 3.16. The van der Waals surface area contributed by atoms with Crippen molar-refractivity contribution in [1.82, 2.24) is 0 Å². The maximum absolute atomic E-state index is 13.1. The van der Waals surface area contributed by atoms with Crippen molar-refractivity contribution in [1.29, 1.82) is 0 Å². The fraction of sp³-hybridized carbons (Fsp3) is 0.583. The Morgan fingerprint density at radius 1 is 0.688 bits per heavy atom. The summed E-state index contributed by atoms with van der Waals surface area (Å²) in [6, 6.07) is 0. The Labute approximate surface area is 188 Å². The van der Waals surface area contributed by atoms with E-state index in [0.717, 1.165) is 0 Å². The lowest BCUT2D eigenvalue weighted by molar-refractivity contribution is -0.134. The molecule has 8 heteroatoms. The first-order valence-corrected chi connectivity index (χ1v) is 11.3. The molecule has 0 radical (unpaired) electrons. The van der Waals surface area contributed by atoms with Gasteiger partial charge in [0, 0.05) is 19.3 Å². The van der Waals surface area contributed by atoms with Gasteiger partial charge in [-0.15, -0.1) is 0 Å². The summed E-state index contributed by atoms with van der Waals surface area (Å²) in [7, 11) is 0. The molecule has 0 unspecified atom stereocenters. The molecule has 0 aliphatic rings. The van der Waals surface area contributed by atoms with Crippen LogP contribution in [0.15, 0.2) is 0 Å². The molecule has 1 aromatic carbocycles. The molecular formula is C24H34O8. The fourth-order valence-electron chi connectivity index (χ4n) is 3.16. The second-order valence-electron chi connectivity index (χ2n) is 7.50. The molecule has 0 spiro atoms. The van der Waals surface area contributed by atoms with Crippen molar-refractivity contribution in [2.75, 3.05) is 6.61 Å². The summed E-state index contributed by atoms with van der Waals surface area (Å²) >= 11 is 0. The Kier molecular flexibility index (Phi) is 11.4. The highest BCUT2D eigenvalue weighted by Gasteiger charge is 2.36. The third-order valence-electron chi connectivity index (χ3n) is 4.91. The van der Waals surface area contributed by atoms with Crippen LogP contribution in [-0.2, 0) is 9.53 Å². The van der Waals surface area contributed by atoms with Crippen molar-refractivity contribution >= 4 is 23.5 Å². The van der Waals surface area contributed by atoms with E-state index in [0.29, 0.717) is 38.5 Å². The first kappa shape index (κ1) is 27.1. The van der Waals surface area contributed by atoms with Gasteiger partial charge >= 0.3 is 11.9 Å². The number of ether oxygens (including phenoxy) is 2. The van der Waals surface area contributed by atoms with Gasteiger partial charge in [0.1, 0.15) is 0 Å². The molecule has 0 bridgehead atoms. The predicted molar refractivity (Wildman–Crippen MR) is 119 cm³/mol. The highest BCUT2D eigenvalue weighted by Crippen LogP contribution is 2.46. The normalized spacial score (nSPS) is 10.6. The van der Waals surface area contributed by atoms with Crippen molar-refractivity contribution in [2.24, 2.45) is 0 Å². The summed E-state index contributed by atoms with van der Waals surface area (Å²) in [5, 5.41) is 21.3. The van der Waals surface area contributed by atoms with E-state index in [1.54, 1.807) is 6.92 Å². The summed E-state index contributed by atoms with van der Waals surface area (Å²) in [6.07, 6.45) is 3.56. The quantitative estimate of drug-likeness (QED) is 0.173. The molecule has 178 valence electrons. The Morgan fingerprint density at radius 3 is 1.69 bits per heavy atom. The third kappa shape index (κ3) is 6.80. The average Bonchev–Trinajstić information content (AvgIpc) is 2.77. The largest absolute Gasteiger partial charge is 0.504 e. The first-order chi connectivity index (χ1) is 15.2. The van der Waals surface area contributed by atoms with Crippen LogP contribution in [0.3, 0.4) is 0 Å². The number of rotatable bonds is 14. The highest BCUT2D eigenvalue weighted by molar-refractivity contribution is 6.17. The molecule has 1 rings (SSSR count). The Bertz CT molecular complexity index is 841. The number of carbonyl (C=O) groups excluding carboxylic acids is 4. The lowest BCUT2D eigenvalue weighted by Gasteiger charge is -2.19. The van der Waals surface area contributed by atoms with Crippen LogP contribution < -0.4 is 4.74 Å². The number of esters is 2. The Balaban J connectivity index is 3.84. The first-order valence-electron chi connectivity index (χ1n) is 11.3. The van der Waals surface area contributed by atoms with E-state index in [9.17, 15) is 29.4 Å². The summed E-state index contributed by atoms with van der Waals surface area (Å²) in [6.45, 7) is 7.14. The van der Waals surface area contributed by atoms with Crippen molar-refractivity contribution < 1.29 is 38.9 Å². The Hall–Kier alpha value is -2.90. The zero-order valence-electron chi connectivity index (χ0n) is 19.4. The molecule has 0 atom stereocenters. The zero-order valence-corrected chi connectivity index (χ0v) is 19.4. The molecule has 32 heavy (non-hydrogen) atoms. The standard InChI is InChI=1S/C24H34O8/c1-5-9-12-15(25)18-20(24(30)31-8-4)19(16(26)13-10-6-2)23(22(29)21(18)28)32-17(27)14-11-7-3/h28-29H,5-14H2,1-4H3. The molecule has 2 N–H and O–H groups in total. The van der Waals surface area contributed by atoms with Gasteiger partial charge in [0.15, 0.2) is 23.1 Å². The van der Waals surface area contributed by atoms with E-state index in [1.165, 1.54) is 0 Å². The van der Waals surface area contributed by atoms with Crippen LogP contribution in [0.1, 0.15) is 117 Å². The van der Waals surface area contributed by atoms with Crippen molar-refractivity contribution in [3.05, 3.63) is 16.7 Å². The van der Waals surface area contributed by atoms with Gasteiger partial charge < -0.3 is 19.7 Å². The molecule has 1 aromatic rings. The number of phenolic OH excluding ortho intramolecular Hbond substituents is 2. The molecule has 0 aliphatic carbocycles. The van der Waals surface area contributed by atoms with Gasteiger partial charge in [0.05, 0.1) is 23.3 Å². The number of benzene rings is 1. The highest BCUT2D eigenvalue weighted by atomic mass is 16.5. The smallest absolute Gasteiger partial charge is 0.339 e. The van der Waals surface area contributed by atoms with Crippen LogP contribution >= 0.6 is 0 Å². The van der Waals surface area contributed by atoms with Crippen LogP contribution in [0.5, 0.6) is 17.2 Å². The van der Waals surface area contributed by atoms with Gasteiger partial charge in [0.2, 0.25) is 5.75 Å². The average molecular weight is 451 g/mol. The van der Waals surface area contributed by atoms with Crippen LogP contribution in [0.25, 0.3) is 0 Å². The van der Waals surface area contributed by atoms with Crippen molar-refractivity contribution in [3.8, 4) is 17.2 Å². The van der Waals surface area contributed by atoms with Gasteiger partial charge in [-0.3, -0.25) is 14.4 Å². The minimum absolute atomic E-state index is 0.00474. The molecule has 0 heterocycles. The number of unbranched alkanes of at least 4 members (excludes halogenated alkanes) is 3. The van der Waals surface area contributed by atoms with E-state index in [1.807, 2.05) is 20.8 Å². The summed E-state index contributed by atoms with van der Waals surface area (Å²) in [4.78, 5) is 51.1. The minimum atomic E-state index is -1.01. The SMILES string of the molecule is CCCCC(=O)Oc1c(O)c(O)c(C(=O)CCCC)c(C(=O)OCC)c1C(=O)CCCC. The predicted octanol–water partition coefficient (Wildman–Crippen LogP) is 5.12. The van der Waals surface area contributed by atoms with Gasteiger partial charge in [-0.05, 0) is 26.2 Å². The topological polar surface area (TPSA) is 127 Å². The monoisotopic (exact) mass is 450 g/mol. The van der Waals surface area contributed by atoms with E-state index in [2.05, 4.69) is 0 Å².